The standard InChI is InChI=1S/C24H20ClN3O5/c1-15(27-28-23(30)22(29)26-20-9-5-6-10-21(20)32-2)16-11-13-17(14-12-16)33-24(31)18-7-3-4-8-19(18)25/h3-14H,1-2H3,(H,26,29)(H,28,30)/b27-15+. The Morgan fingerprint density at radius 2 is 1.55 bits per heavy atom. The van der Waals surface area contributed by atoms with Crippen LogP contribution in [0.4, 0.5) is 5.69 Å². The van der Waals surface area contributed by atoms with Crippen LogP contribution >= 0.6 is 11.6 Å². The summed E-state index contributed by atoms with van der Waals surface area (Å²) in [6.45, 7) is 1.66. The molecule has 9 heteroatoms. The minimum Gasteiger partial charge on any atom is -0.495 e. The maximum absolute atomic E-state index is 12.2. The number of esters is 1. The molecule has 33 heavy (non-hydrogen) atoms. The summed E-state index contributed by atoms with van der Waals surface area (Å²) < 4.78 is 10.5. The average Bonchev–Trinajstić information content (AvgIpc) is 2.83. The quantitative estimate of drug-likeness (QED) is 0.188. The Labute approximate surface area is 195 Å². The summed E-state index contributed by atoms with van der Waals surface area (Å²) in [7, 11) is 1.46. The van der Waals surface area contributed by atoms with E-state index in [0.717, 1.165) is 0 Å². The van der Waals surface area contributed by atoms with Crippen LogP contribution in [0.25, 0.3) is 0 Å². The fraction of sp³-hybridized carbons (Fsp3) is 0.0833. The van der Waals surface area contributed by atoms with E-state index in [4.69, 9.17) is 21.1 Å². The molecule has 0 bridgehead atoms. The van der Waals surface area contributed by atoms with Crippen LogP contribution in [0, 0.1) is 0 Å². The second-order valence-corrected chi connectivity index (χ2v) is 7.09. The van der Waals surface area contributed by atoms with Crippen molar-refractivity contribution in [2.24, 2.45) is 5.10 Å². The molecule has 2 amide bonds. The van der Waals surface area contributed by atoms with Gasteiger partial charge in [0.2, 0.25) is 0 Å². The maximum Gasteiger partial charge on any atom is 0.345 e. The van der Waals surface area contributed by atoms with Crippen molar-refractivity contribution in [3.8, 4) is 11.5 Å². The number of carbonyl (C=O) groups excluding carboxylic acids is 3. The molecule has 0 radical (unpaired) electrons. The van der Waals surface area contributed by atoms with E-state index in [1.807, 2.05) is 0 Å². The second-order valence-electron chi connectivity index (χ2n) is 6.69. The summed E-state index contributed by atoms with van der Waals surface area (Å²) >= 11 is 6.01. The molecule has 0 aromatic heterocycles. The van der Waals surface area contributed by atoms with Crippen LogP contribution in [-0.4, -0.2) is 30.6 Å². The molecule has 3 aromatic carbocycles. The molecular formula is C24H20ClN3O5. The molecule has 8 nitrogen and oxygen atoms in total. The van der Waals surface area contributed by atoms with Crippen molar-refractivity contribution in [2.45, 2.75) is 6.92 Å². The van der Waals surface area contributed by atoms with Gasteiger partial charge in [0.25, 0.3) is 0 Å². The molecule has 0 aliphatic carbocycles. The summed E-state index contributed by atoms with van der Waals surface area (Å²) in [6, 6.07) is 19.8. The van der Waals surface area contributed by atoms with Crippen molar-refractivity contribution < 1.29 is 23.9 Å². The lowest BCUT2D eigenvalue weighted by atomic mass is 10.1. The van der Waals surface area contributed by atoms with Crippen LogP contribution in [0.15, 0.2) is 77.9 Å². The summed E-state index contributed by atoms with van der Waals surface area (Å²) in [5.74, 6) is -1.67. The van der Waals surface area contributed by atoms with Gasteiger partial charge in [0.15, 0.2) is 0 Å². The number of halogens is 1. The van der Waals surface area contributed by atoms with Gasteiger partial charge in [-0.05, 0) is 61.0 Å². The van der Waals surface area contributed by atoms with Crippen molar-refractivity contribution >= 4 is 40.8 Å². The summed E-state index contributed by atoms with van der Waals surface area (Å²) in [6.07, 6.45) is 0. The van der Waals surface area contributed by atoms with Gasteiger partial charge in [0, 0.05) is 0 Å². The smallest absolute Gasteiger partial charge is 0.345 e. The Hall–Kier alpha value is -4.17. The number of nitrogens with one attached hydrogen (secondary N) is 2. The van der Waals surface area contributed by atoms with E-state index in [9.17, 15) is 14.4 Å². The van der Waals surface area contributed by atoms with Crippen molar-refractivity contribution in [1.82, 2.24) is 5.43 Å². The first-order valence-corrected chi connectivity index (χ1v) is 10.1. The number of rotatable bonds is 6. The predicted molar refractivity (Wildman–Crippen MR) is 125 cm³/mol. The molecule has 0 saturated heterocycles. The van der Waals surface area contributed by atoms with E-state index in [-0.39, 0.29) is 5.56 Å². The third-order valence-corrected chi connectivity index (χ3v) is 4.79. The minimum absolute atomic E-state index is 0.259. The van der Waals surface area contributed by atoms with E-state index >= 15 is 0 Å². The minimum atomic E-state index is -0.939. The fourth-order valence-electron chi connectivity index (χ4n) is 2.73. The molecule has 3 aromatic rings. The number of methoxy groups -OCH3 is 1. The van der Waals surface area contributed by atoms with E-state index < -0.39 is 17.8 Å². The first-order valence-electron chi connectivity index (χ1n) is 9.75. The first kappa shape index (κ1) is 23.5. The Morgan fingerprint density at radius 1 is 0.879 bits per heavy atom. The van der Waals surface area contributed by atoms with Crippen molar-refractivity contribution in [3.63, 3.8) is 0 Å². The van der Waals surface area contributed by atoms with E-state index in [1.54, 1.807) is 79.7 Å². The highest BCUT2D eigenvalue weighted by atomic mass is 35.5. The van der Waals surface area contributed by atoms with E-state index in [1.165, 1.54) is 7.11 Å². The number of carbonyl (C=O) groups is 3. The lowest BCUT2D eigenvalue weighted by molar-refractivity contribution is -0.136. The largest absolute Gasteiger partial charge is 0.495 e. The average molecular weight is 466 g/mol. The van der Waals surface area contributed by atoms with Crippen LogP contribution in [0.2, 0.25) is 5.02 Å². The van der Waals surface area contributed by atoms with Gasteiger partial charge in [0.1, 0.15) is 11.5 Å². The van der Waals surface area contributed by atoms with Gasteiger partial charge in [0.05, 0.1) is 29.1 Å². The number of ether oxygens (including phenoxy) is 2. The van der Waals surface area contributed by atoms with Crippen LogP contribution in [0.5, 0.6) is 11.5 Å². The SMILES string of the molecule is COc1ccccc1NC(=O)C(=O)N/N=C(\C)c1ccc(OC(=O)c2ccccc2Cl)cc1. The zero-order valence-electron chi connectivity index (χ0n) is 17.8. The predicted octanol–water partition coefficient (Wildman–Crippen LogP) is 4.05. The second kappa shape index (κ2) is 10.9. The van der Waals surface area contributed by atoms with Gasteiger partial charge in [-0.15, -0.1) is 0 Å². The number of hydrogen-bond acceptors (Lipinski definition) is 6. The summed E-state index contributed by atoms with van der Waals surface area (Å²) in [5, 5.41) is 6.71. The normalized spacial score (nSPS) is 10.8. The molecule has 0 unspecified atom stereocenters. The molecule has 0 heterocycles. The molecule has 3 rings (SSSR count). The Bertz CT molecular complexity index is 1210. The third-order valence-electron chi connectivity index (χ3n) is 4.46. The topological polar surface area (TPSA) is 106 Å². The van der Waals surface area contributed by atoms with Crippen molar-refractivity contribution in [1.29, 1.82) is 0 Å². The van der Waals surface area contributed by atoms with E-state index in [2.05, 4.69) is 15.8 Å². The van der Waals surface area contributed by atoms with Gasteiger partial charge in [-0.1, -0.05) is 35.9 Å². The monoisotopic (exact) mass is 465 g/mol. The van der Waals surface area contributed by atoms with Crippen LogP contribution in [0.1, 0.15) is 22.8 Å². The lowest BCUT2D eigenvalue weighted by Gasteiger charge is -2.09. The van der Waals surface area contributed by atoms with Gasteiger partial charge in [-0.3, -0.25) is 9.59 Å². The van der Waals surface area contributed by atoms with Gasteiger partial charge in [-0.2, -0.15) is 5.10 Å². The molecule has 0 aliphatic rings. The highest BCUT2D eigenvalue weighted by molar-refractivity contribution is 6.39. The van der Waals surface area contributed by atoms with Crippen LogP contribution in [-0.2, 0) is 9.59 Å². The summed E-state index contributed by atoms with van der Waals surface area (Å²) in [4.78, 5) is 36.4. The molecule has 2 N–H and O–H groups in total. The Balaban J connectivity index is 1.59. The van der Waals surface area contributed by atoms with E-state index in [0.29, 0.717) is 33.5 Å². The van der Waals surface area contributed by atoms with Crippen LogP contribution < -0.4 is 20.2 Å². The zero-order chi connectivity index (χ0) is 23.8. The van der Waals surface area contributed by atoms with Gasteiger partial charge >= 0.3 is 17.8 Å². The molecule has 0 aliphatic heterocycles. The molecule has 0 fully saturated rings. The number of anilines is 1. The highest BCUT2D eigenvalue weighted by Crippen LogP contribution is 2.23. The third kappa shape index (κ3) is 6.18. The Kier molecular flexibility index (Phi) is 7.77. The Morgan fingerprint density at radius 3 is 2.24 bits per heavy atom. The number of nitrogens with zero attached hydrogens (tertiary/aromatic N) is 1. The van der Waals surface area contributed by atoms with Gasteiger partial charge in [-0.25, -0.2) is 10.2 Å². The lowest BCUT2D eigenvalue weighted by Crippen LogP contribution is -2.33. The number of hydrogen-bond donors (Lipinski definition) is 2. The number of benzene rings is 3. The molecule has 0 spiro atoms. The van der Waals surface area contributed by atoms with Crippen molar-refractivity contribution in [3.05, 3.63) is 88.9 Å². The maximum atomic E-state index is 12.2. The highest BCUT2D eigenvalue weighted by Gasteiger charge is 2.16. The number of amides is 2. The van der Waals surface area contributed by atoms with Crippen LogP contribution in [0.3, 0.4) is 0 Å². The first-order chi connectivity index (χ1) is 15.9. The van der Waals surface area contributed by atoms with Crippen molar-refractivity contribution in [2.75, 3.05) is 12.4 Å². The molecule has 0 saturated carbocycles. The molecule has 168 valence electrons. The summed E-state index contributed by atoms with van der Waals surface area (Å²) in [5.41, 5.74) is 3.93. The fourth-order valence-corrected chi connectivity index (χ4v) is 2.94. The zero-order valence-corrected chi connectivity index (χ0v) is 18.6. The molecule has 0 atom stereocenters. The molecular weight excluding hydrogens is 446 g/mol. The number of hydrazone groups is 1. The van der Waals surface area contributed by atoms with Gasteiger partial charge < -0.3 is 14.8 Å². The number of para-hydroxylation sites is 2.